The Kier molecular flexibility index (Phi) is 2.77. The summed E-state index contributed by atoms with van der Waals surface area (Å²) in [6, 6.07) is 26.6. The Morgan fingerprint density at radius 1 is 0.571 bits per heavy atom. The third-order valence-electron chi connectivity index (χ3n) is 5.99. The molecule has 1 nitrogen and oxygen atoms in total. The first-order chi connectivity index (χ1) is 13.8. The van der Waals surface area contributed by atoms with E-state index in [0.717, 1.165) is 0 Å². The molecule has 0 aliphatic rings. The molecule has 3 heterocycles. The number of hydrogen-bond acceptors (Lipinski definition) is 2. The van der Waals surface area contributed by atoms with Gasteiger partial charge in [-0.2, -0.15) is 0 Å². The number of nitrogens with zero attached hydrogens (tertiary/aromatic N) is 1. The fourth-order valence-electron chi connectivity index (χ4n) is 4.82. The molecule has 28 heavy (non-hydrogen) atoms. The topological polar surface area (TPSA) is 4.93 Å². The number of benzene rings is 4. The van der Waals surface area contributed by atoms with E-state index >= 15 is 0 Å². The summed E-state index contributed by atoms with van der Waals surface area (Å²) < 4.78 is 7.98. The van der Waals surface area contributed by atoms with Crippen molar-refractivity contribution in [1.29, 1.82) is 0 Å². The maximum atomic E-state index is 2.40. The van der Waals surface area contributed by atoms with Crippen molar-refractivity contribution in [1.82, 2.24) is 4.57 Å². The van der Waals surface area contributed by atoms with Crippen molar-refractivity contribution in [3.05, 3.63) is 72.8 Å². The lowest BCUT2D eigenvalue weighted by molar-refractivity contribution is 1.02. The highest BCUT2D eigenvalue weighted by Gasteiger charge is 2.22. The summed E-state index contributed by atoms with van der Waals surface area (Å²) >= 11 is 3.87. The first-order valence-corrected chi connectivity index (χ1v) is 11.1. The third kappa shape index (κ3) is 1.68. The zero-order valence-corrected chi connectivity index (χ0v) is 16.8. The van der Waals surface area contributed by atoms with Gasteiger partial charge in [0.1, 0.15) is 0 Å². The molecule has 0 spiro atoms. The molecule has 0 radical (unpaired) electrons. The van der Waals surface area contributed by atoms with Crippen LogP contribution < -0.4 is 0 Å². The highest BCUT2D eigenvalue weighted by atomic mass is 32.1. The minimum Gasteiger partial charge on any atom is -0.342 e. The molecular formula is C25H15NS2. The lowest BCUT2D eigenvalue weighted by Gasteiger charge is -2.03. The van der Waals surface area contributed by atoms with Gasteiger partial charge in [0.05, 0.1) is 10.2 Å². The predicted octanol–water partition coefficient (Wildman–Crippen LogP) is 8.07. The summed E-state index contributed by atoms with van der Waals surface area (Å²) in [5.41, 5.74) is 2.67. The molecule has 0 unspecified atom stereocenters. The van der Waals surface area contributed by atoms with Gasteiger partial charge >= 0.3 is 0 Å². The molecule has 0 saturated carbocycles. The maximum absolute atomic E-state index is 2.40. The van der Waals surface area contributed by atoms with E-state index in [9.17, 15) is 0 Å². The van der Waals surface area contributed by atoms with Crippen LogP contribution in [-0.2, 0) is 7.05 Å². The molecule has 7 aromatic rings. The summed E-state index contributed by atoms with van der Waals surface area (Å²) in [6.45, 7) is 0. The molecule has 0 amide bonds. The van der Waals surface area contributed by atoms with Crippen molar-refractivity contribution in [3.8, 4) is 0 Å². The van der Waals surface area contributed by atoms with E-state index in [-0.39, 0.29) is 0 Å². The van der Waals surface area contributed by atoms with Crippen LogP contribution in [0.4, 0.5) is 0 Å². The van der Waals surface area contributed by atoms with Gasteiger partial charge in [0.2, 0.25) is 0 Å². The van der Waals surface area contributed by atoms with E-state index in [1.54, 1.807) is 0 Å². The Balaban J connectivity index is 1.98. The number of fused-ring (bicyclic) bond motifs is 12. The van der Waals surface area contributed by atoms with E-state index in [2.05, 4.69) is 84.4 Å². The number of aromatic nitrogens is 1. The van der Waals surface area contributed by atoms with Crippen LogP contribution in [0.3, 0.4) is 0 Å². The molecule has 3 aromatic heterocycles. The van der Waals surface area contributed by atoms with Crippen LogP contribution in [0.15, 0.2) is 72.8 Å². The summed E-state index contributed by atoms with van der Waals surface area (Å²) in [6.07, 6.45) is 0. The van der Waals surface area contributed by atoms with Gasteiger partial charge in [-0.1, -0.05) is 54.6 Å². The van der Waals surface area contributed by atoms with Gasteiger partial charge in [0.25, 0.3) is 0 Å². The summed E-state index contributed by atoms with van der Waals surface area (Å²) in [7, 11) is 2.22. The molecule has 0 atom stereocenters. The average Bonchev–Trinajstić information content (AvgIpc) is 3.38. The van der Waals surface area contributed by atoms with Gasteiger partial charge < -0.3 is 4.57 Å². The van der Waals surface area contributed by atoms with Crippen molar-refractivity contribution in [2.24, 2.45) is 7.05 Å². The number of thiophene rings is 2. The molecule has 0 N–H and O–H groups in total. The summed E-state index contributed by atoms with van der Waals surface area (Å²) in [5, 5.41) is 8.36. The standard InChI is InChI=1S/C25H15NS2/c1-26-17-11-5-2-8-14(17)20-21-15-9-3-6-12-18(15)27-24(21)22-16-10-4-7-13-19(16)28-25(22)23(20)26/h2-13H,1H3. The first-order valence-electron chi connectivity index (χ1n) is 9.44. The van der Waals surface area contributed by atoms with Crippen molar-refractivity contribution in [2.45, 2.75) is 0 Å². The molecule has 0 bridgehead atoms. The summed E-state index contributed by atoms with van der Waals surface area (Å²) in [4.78, 5) is 0. The number of para-hydroxylation sites is 1. The molecule has 0 aliphatic heterocycles. The maximum Gasteiger partial charge on any atom is 0.0677 e. The molecule has 0 saturated heterocycles. The smallest absolute Gasteiger partial charge is 0.0677 e. The fourth-order valence-corrected chi connectivity index (χ4v) is 7.46. The fraction of sp³-hybridized carbons (Fsp3) is 0.0400. The van der Waals surface area contributed by atoms with Crippen molar-refractivity contribution in [2.75, 3.05) is 0 Å². The quantitative estimate of drug-likeness (QED) is 0.245. The van der Waals surface area contributed by atoms with Gasteiger partial charge in [-0.15, -0.1) is 22.7 Å². The van der Waals surface area contributed by atoms with Crippen LogP contribution in [0.25, 0.3) is 62.2 Å². The van der Waals surface area contributed by atoms with Gasteiger partial charge in [-0.05, 0) is 18.2 Å². The highest BCUT2D eigenvalue weighted by molar-refractivity contribution is 7.30. The minimum atomic E-state index is 1.30. The Hall–Kier alpha value is -2.88. The lowest BCUT2D eigenvalue weighted by Crippen LogP contribution is -1.86. The average molecular weight is 394 g/mol. The molecule has 0 fully saturated rings. The molecule has 3 heteroatoms. The van der Waals surface area contributed by atoms with Crippen LogP contribution in [0.2, 0.25) is 0 Å². The Morgan fingerprint density at radius 3 is 1.89 bits per heavy atom. The second kappa shape index (κ2) is 5.13. The number of hydrogen-bond donors (Lipinski definition) is 0. The van der Waals surface area contributed by atoms with E-state index in [0.29, 0.717) is 0 Å². The first kappa shape index (κ1) is 15.1. The third-order valence-corrected chi connectivity index (χ3v) is 8.36. The van der Waals surface area contributed by atoms with Crippen LogP contribution in [0, 0.1) is 0 Å². The van der Waals surface area contributed by atoms with Gasteiger partial charge in [-0.25, -0.2) is 0 Å². The van der Waals surface area contributed by atoms with Gasteiger partial charge in [0.15, 0.2) is 0 Å². The number of aryl methyl sites for hydroxylation is 1. The van der Waals surface area contributed by atoms with E-state index in [1.165, 1.54) is 62.2 Å². The zero-order chi connectivity index (χ0) is 18.4. The molecule has 4 aromatic carbocycles. The van der Waals surface area contributed by atoms with Crippen LogP contribution in [0.1, 0.15) is 0 Å². The van der Waals surface area contributed by atoms with Crippen molar-refractivity contribution in [3.63, 3.8) is 0 Å². The van der Waals surface area contributed by atoms with Crippen molar-refractivity contribution >= 4 is 84.8 Å². The van der Waals surface area contributed by atoms with E-state index in [4.69, 9.17) is 0 Å². The van der Waals surface area contributed by atoms with E-state index in [1.807, 2.05) is 22.7 Å². The zero-order valence-electron chi connectivity index (χ0n) is 15.2. The number of rotatable bonds is 0. The van der Waals surface area contributed by atoms with E-state index < -0.39 is 0 Å². The van der Waals surface area contributed by atoms with Crippen LogP contribution >= 0.6 is 22.7 Å². The molecule has 0 aliphatic carbocycles. The Morgan fingerprint density at radius 2 is 1.14 bits per heavy atom. The predicted molar refractivity (Wildman–Crippen MR) is 126 cm³/mol. The van der Waals surface area contributed by atoms with Gasteiger partial charge in [-0.3, -0.25) is 0 Å². The molecule has 7 rings (SSSR count). The minimum absolute atomic E-state index is 1.30. The molecule has 132 valence electrons. The largest absolute Gasteiger partial charge is 0.342 e. The van der Waals surface area contributed by atoms with Crippen molar-refractivity contribution < 1.29 is 0 Å². The van der Waals surface area contributed by atoms with Crippen LogP contribution in [-0.4, -0.2) is 4.57 Å². The summed E-state index contributed by atoms with van der Waals surface area (Å²) in [5.74, 6) is 0. The Labute approximate surface area is 169 Å². The Bertz CT molecular complexity index is 1730. The second-order valence-electron chi connectivity index (χ2n) is 7.40. The second-order valence-corrected chi connectivity index (χ2v) is 9.51. The highest BCUT2D eigenvalue weighted by Crippen LogP contribution is 2.50. The molecular weight excluding hydrogens is 378 g/mol. The normalized spacial score (nSPS) is 12.5. The van der Waals surface area contributed by atoms with Crippen LogP contribution in [0.5, 0.6) is 0 Å². The monoisotopic (exact) mass is 393 g/mol. The SMILES string of the molecule is Cn1c2ccccc2c2c3c4ccccc4sc3c3c4ccccc4sc3c21. The van der Waals surface area contributed by atoms with Gasteiger partial charge in [0, 0.05) is 59.0 Å². The lowest BCUT2D eigenvalue weighted by atomic mass is 10.0.